The van der Waals surface area contributed by atoms with Gasteiger partial charge in [-0.05, 0) is 20.8 Å². The molecule has 0 saturated heterocycles. The molecule has 2 heterocycles. The normalized spacial score (nSPS) is 12.9. The molecule has 1 amide bonds. The zero-order valence-electron chi connectivity index (χ0n) is 12.8. The molecule has 1 N–H and O–H groups in total. The van der Waals surface area contributed by atoms with Crippen molar-refractivity contribution in [2.45, 2.75) is 39.7 Å². The number of anilines is 1. The van der Waals surface area contributed by atoms with Gasteiger partial charge in [0.1, 0.15) is 28.8 Å². The highest BCUT2D eigenvalue weighted by atomic mass is 35.5. The van der Waals surface area contributed by atoms with Gasteiger partial charge in [0, 0.05) is 0 Å². The molecule has 0 aliphatic carbocycles. The molecule has 0 saturated carbocycles. The summed E-state index contributed by atoms with van der Waals surface area (Å²) in [6.07, 6.45) is -6.32. The number of carbonyl (C=O) groups is 1. The molecule has 0 aromatic carbocycles. The monoisotopic (exact) mass is 368 g/mol. The predicted molar refractivity (Wildman–Crippen MR) is 76.5 cm³/mol. The van der Waals surface area contributed by atoms with Gasteiger partial charge in [0.25, 0.3) is 12.9 Å². The quantitative estimate of drug-likeness (QED) is 0.802. The van der Waals surface area contributed by atoms with Gasteiger partial charge in [0.15, 0.2) is 5.76 Å². The van der Waals surface area contributed by atoms with Gasteiger partial charge in [0.2, 0.25) is 5.91 Å². The number of amides is 1. The fraction of sp³-hybridized carbons (Fsp3) is 0.462. The van der Waals surface area contributed by atoms with Crippen LogP contribution in [-0.2, 0) is 4.79 Å². The first-order valence-electron chi connectivity index (χ1n) is 6.73. The van der Waals surface area contributed by atoms with Crippen LogP contribution in [0.4, 0.5) is 23.2 Å². The molecule has 0 fully saturated rings. The van der Waals surface area contributed by atoms with E-state index in [1.165, 1.54) is 6.92 Å². The molecular weight excluding hydrogens is 356 g/mol. The maximum atomic E-state index is 13.1. The van der Waals surface area contributed by atoms with Crippen molar-refractivity contribution in [3.8, 4) is 0 Å². The van der Waals surface area contributed by atoms with Crippen molar-refractivity contribution in [2.24, 2.45) is 0 Å². The fourth-order valence-corrected chi connectivity index (χ4v) is 2.37. The molecule has 0 radical (unpaired) electrons. The van der Waals surface area contributed by atoms with Gasteiger partial charge in [-0.25, -0.2) is 22.2 Å². The van der Waals surface area contributed by atoms with Crippen LogP contribution in [0.5, 0.6) is 0 Å². The van der Waals surface area contributed by atoms with E-state index in [1.807, 2.05) is 0 Å². The third kappa shape index (κ3) is 3.23. The highest BCUT2D eigenvalue weighted by molar-refractivity contribution is 6.32. The van der Waals surface area contributed by atoms with Crippen LogP contribution in [-0.4, -0.2) is 20.8 Å². The lowest BCUT2D eigenvalue weighted by molar-refractivity contribution is -0.119. The number of hydrogen-bond acceptors (Lipinski definition) is 4. The number of aromatic nitrogens is 3. The zero-order chi connectivity index (χ0) is 18.2. The number of carbonyl (C=O) groups excluding carboxylic acids is 1. The largest absolute Gasteiger partial charge is 0.359 e. The van der Waals surface area contributed by atoms with Crippen molar-refractivity contribution in [3.63, 3.8) is 0 Å². The van der Waals surface area contributed by atoms with E-state index < -0.39 is 41.2 Å². The molecule has 0 spiro atoms. The molecule has 0 bridgehead atoms. The molecule has 6 nitrogen and oxygen atoms in total. The van der Waals surface area contributed by atoms with Crippen molar-refractivity contribution in [2.75, 3.05) is 5.32 Å². The Bertz CT molecular complexity index is 740. The maximum absolute atomic E-state index is 13.1. The van der Waals surface area contributed by atoms with Gasteiger partial charge in [-0.2, -0.15) is 5.10 Å². The van der Waals surface area contributed by atoms with Crippen molar-refractivity contribution in [1.29, 1.82) is 0 Å². The van der Waals surface area contributed by atoms with Crippen LogP contribution < -0.4 is 5.32 Å². The van der Waals surface area contributed by atoms with Crippen LogP contribution in [0.15, 0.2) is 4.52 Å². The second kappa shape index (κ2) is 6.80. The van der Waals surface area contributed by atoms with Crippen LogP contribution in [0, 0.1) is 13.8 Å². The van der Waals surface area contributed by atoms with Crippen LogP contribution in [0.25, 0.3) is 0 Å². The van der Waals surface area contributed by atoms with E-state index in [-0.39, 0.29) is 5.69 Å². The Morgan fingerprint density at radius 1 is 1.25 bits per heavy atom. The molecule has 11 heteroatoms. The predicted octanol–water partition coefficient (Wildman–Crippen LogP) is 4.22. The van der Waals surface area contributed by atoms with E-state index in [0.29, 0.717) is 16.1 Å². The Labute approximate surface area is 138 Å². The van der Waals surface area contributed by atoms with Crippen LogP contribution >= 0.6 is 11.6 Å². The van der Waals surface area contributed by atoms with E-state index in [1.54, 1.807) is 13.8 Å². The number of nitrogens with one attached hydrogen (secondary N) is 1. The molecule has 0 aliphatic heterocycles. The van der Waals surface area contributed by atoms with Crippen molar-refractivity contribution in [1.82, 2.24) is 14.9 Å². The Morgan fingerprint density at radius 2 is 1.88 bits per heavy atom. The molecule has 1 atom stereocenters. The minimum Gasteiger partial charge on any atom is -0.359 e. The van der Waals surface area contributed by atoms with E-state index in [9.17, 15) is 22.4 Å². The highest BCUT2D eigenvalue weighted by Crippen LogP contribution is 2.36. The van der Waals surface area contributed by atoms with E-state index in [4.69, 9.17) is 16.1 Å². The summed E-state index contributed by atoms with van der Waals surface area (Å²) in [7, 11) is 0. The summed E-state index contributed by atoms with van der Waals surface area (Å²) in [4.78, 5) is 12.3. The summed E-state index contributed by atoms with van der Waals surface area (Å²) in [6.45, 7) is 4.35. The molecule has 2 rings (SSSR count). The third-order valence-corrected chi connectivity index (χ3v) is 3.74. The lowest BCUT2D eigenvalue weighted by Crippen LogP contribution is -2.26. The Morgan fingerprint density at radius 3 is 2.33 bits per heavy atom. The van der Waals surface area contributed by atoms with Gasteiger partial charge in [-0.3, -0.25) is 4.79 Å². The van der Waals surface area contributed by atoms with Crippen molar-refractivity contribution in [3.05, 3.63) is 27.9 Å². The summed E-state index contributed by atoms with van der Waals surface area (Å²) in [6, 6.07) is -1.31. The first kappa shape index (κ1) is 18.2. The molecule has 24 heavy (non-hydrogen) atoms. The van der Waals surface area contributed by atoms with Gasteiger partial charge in [-0.1, -0.05) is 16.8 Å². The third-order valence-electron chi connectivity index (χ3n) is 3.35. The van der Waals surface area contributed by atoms with Crippen molar-refractivity contribution >= 4 is 23.2 Å². The topological polar surface area (TPSA) is 73.0 Å². The molecule has 132 valence electrons. The molecular formula is C13H13ClF4N4O2. The van der Waals surface area contributed by atoms with Gasteiger partial charge in [-0.15, -0.1) is 0 Å². The Kier molecular flexibility index (Phi) is 5.16. The van der Waals surface area contributed by atoms with Gasteiger partial charge >= 0.3 is 0 Å². The number of halogens is 5. The fourth-order valence-electron chi connectivity index (χ4n) is 2.08. The smallest absolute Gasteiger partial charge is 0.283 e. The van der Waals surface area contributed by atoms with E-state index in [2.05, 4.69) is 15.6 Å². The summed E-state index contributed by atoms with van der Waals surface area (Å²) in [5.41, 5.74) is -1.27. The Hall–Kier alpha value is -2.10. The number of hydrogen-bond donors (Lipinski definition) is 1. The lowest BCUT2D eigenvalue weighted by Gasteiger charge is -2.15. The van der Waals surface area contributed by atoms with Crippen LogP contribution in [0.2, 0.25) is 5.02 Å². The summed E-state index contributed by atoms with van der Waals surface area (Å²) in [5, 5.41) is 8.62. The number of rotatable bonds is 5. The Balaban J connectivity index is 2.36. The molecule has 0 aliphatic rings. The minimum absolute atomic E-state index is 0.276. The number of aryl methyl sites for hydroxylation is 2. The number of nitrogens with zero attached hydrogens (tertiary/aromatic N) is 3. The van der Waals surface area contributed by atoms with E-state index in [0.717, 1.165) is 0 Å². The van der Waals surface area contributed by atoms with Gasteiger partial charge in [0.05, 0.1) is 5.02 Å². The lowest BCUT2D eigenvalue weighted by atomic mass is 10.2. The minimum atomic E-state index is -3.17. The average Bonchev–Trinajstić information content (AvgIpc) is 3.00. The first-order chi connectivity index (χ1) is 11.1. The zero-order valence-corrected chi connectivity index (χ0v) is 13.5. The van der Waals surface area contributed by atoms with Crippen LogP contribution in [0.3, 0.4) is 0 Å². The highest BCUT2D eigenvalue weighted by Gasteiger charge is 2.32. The SMILES string of the molecule is Cc1noc(C)c1NC(=O)C(C)n1nc(C(F)F)c(Cl)c1C(F)F. The average molecular weight is 369 g/mol. The van der Waals surface area contributed by atoms with Gasteiger partial charge < -0.3 is 9.84 Å². The first-order valence-corrected chi connectivity index (χ1v) is 7.10. The van der Waals surface area contributed by atoms with Crippen LogP contribution in [0.1, 0.15) is 48.7 Å². The molecule has 1 unspecified atom stereocenters. The van der Waals surface area contributed by atoms with E-state index >= 15 is 0 Å². The van der Waals surface area contributed by atoms with Crippen molar-refractivity contribution < 1.29 is 26.9 Å². The second-order valence-electron chi connectivity index (χ2n) is 4.99. The standard InChI is InChI=1S/C13H13ClF4N4O2/c1-4-8(6(3)24-21-4)19-13(23)5(2)22-10(12(17)18)7(14)9(20-22)11(15)16/h5,11-12H,1-3H3,(H,19,23). The summed E-state index contributed by atoms with van der Waals surface area (Å²) < 4.78 is 57.3. The molecule has 2 aromatic heterocycles. The summed E-state index contributed by atoms with van der Waals surface area (Å²) in [5.74, 6) is -0.444. The maximum Gasteiger partial charge on any atom is 0.283 e. The summed E-state index contributed by atoms with van der Waals surface area (Å²) >= 11 is 5.56. The molecule has 2 aromatic rings. The number of alkyl halides is 4. The second-order valence-corrected chi connectivity index (χ2v) is 5.37.